The minimum Gasteiger partial charge on any atom is -0.0641 e. The van der Waals surface area contributed by atoms with E-state index in [2.05, 4.69) is 142 Å². The number of aryl methyl sites for hydroxylation is 4. The summed E-state index contributed by atoms with van der Waals surface area (Å²) in [5.41, 5.74) is 11.5. The van der Waals surface area contributed by atoms with Gasteiger partial charge >= 0.3 is 0 Å². The molecule has 0 saturated heterocycles. The molecule has 0 heterocycles. The summed E-state index contributed by atoms with van der Waals surface area (Å²) in [6, 6.07) is 28.1. The number of rotatable bonds is 8. The molecule has 204 valence electrons. The summed E-state index contributed by atoms with van der Waals surface area (Å²) in [5.74, 6) is 0. The lowest BCUT2D eigenvalue weighted by Crippen LogP contribution is -2.40. The van der Waals surface area contributed by atoms with Gasteiger partial charge < -0.3 is 0 Å². The van der Waals surface area contributed by atoms with Gasteiger partial charge in [-0.25, -0.2) is 0 Å². The summed E-state index contributed by atoms with van der Waals surface area (Å²) in [5, 5.41) is 6.24. The first-order valence-electron chi connectivity index (χ1n) is 14.4. The molecule has 0 aliphatic carbocycles. The van der Waals surface area contributed by atoms with Crippen LogP contribution in [-0.4, -0.2) is 4.90 Å². The lowest BCUT2D eigenvalue weighted by atomic mass is 10.1. The van der Waals surface area contributed by atoms with Crippen LogP contribution < -0.4 is 21.2 Å². The van der Waals surface area contributed by atoms with Gasteiger partial charge in [-0.2, -0.15) is 0 Å². The van der Waals surface area contributed by atoms with E-state index in [4.69, 9.17) is 0 Å². The Kier molecular flexibility index (Phi) is 9.21. The SMILES string of the molecule is CCC(CC)(P(c1cccc(C)c1C)c1cccc(C)c1C)P(c1cccc(C)c1C)c1cccc(C)c1C. The Morgan fingerprint density at radius 2 is 0.641 bits per heavy atom. The minimum absolute atomic E-state index is 0.0961. The number of hydrogen-bond donors (Lipinski definition) is 0. The van der Waals surface area contributed by atoms with Gasteiger partial charge in [0.1, 0.15) is 0 Å². The summed E-state index contributed by atoms with van der Waals surface area (Å²) in [6.07, 6.45) is 2.28. The van der Waals surface area contributed by atoms with E-state index in [-0.39, 0.29) is 4.90 Å². The Balaban J connectivity index is 2.20. The molecule has 0 fully saturated rings. The first kappa shape index (κ1) is 29.7. The van der Waals surface area contributed by atoms with Crippen LogP contribution in [0.2, 0.25) is 0 Å². The Morgan fingerprint density at radius 3 is 0.846 bits per heavy atom. The van der Waals surface area contributed by atoms with Crippen molar-refractivity contribution in [3.05, 3.63) is 117 Å². The normalized spacial score (nSPS) is 12.0. The van der Waals surface area contributed by atoms with Crippen LogP contribution in [0.3, 0.4) is 0 Å². The maximum absolute atomic E-state index is 2.47. The van der Waals surface area contributed by atoms with Gasteiger partial charge in [0.05, 0.1) is 0 Å². The van der Waals surface area contributed by atoms with Crippen LogP contribution in [0.4, 0.5) is 0 Å². The van der Waals surface area contributed by atoms with Gasteiger partial charge in [0.2, 0.25) is 0 Å². The van der Waals surface area contributed by atoms with Crippen molar-refractivity contribution in [2.75, 3.05) is 0 Å². The topological polar surface area (TPSA) is 0 Å². The van der Waals surface area contributed by atoms with Crippen molar-refractivity contribution in [1.82, 2.24) is 0 Å². The molecule has 0 aliphatic rings. The Labute approximate surface area is 240 Å². The standard InChI is InChI=1S/C37H46P2/c1-11-37(12-2,38(33-21-13-17-25(3)29(33)7)34-22-14-18-26(4)30(34)8)39(35-23-15-19-27(5)31(35)9)36-24-16-20-28(6)32(36)10/h13-24H,11-12H2,1-10H3. The smallest absolute Gasteiger partial charge is 0.0262 e. The molecule has 0 nitrogen and oxygen atoms in total. The zero-order chi connectivity index (χ0) is 28.5. The molecule has 0 N–H and O–H groups in total. The van der Waals surface area contributed by atoms with E-state index in [1.807, 2.05) is 0 Å². The number of benzene rings is 4. The predicted molar refractivity (Wildman–Crippen MR) is 179 cm³/mol. The fourth-order valence-electron chi connectivity index (χ4n) is 6.05. The van der Waals surface area contributed by atoms with Gasteiger partial charge in [-0.3, -0.25) is 0 Å². The molecular weight excluding hydrogens is 506 g/mol. The molecule has 2 heteroatoms. The molecule has 39 heavy (non-hydrogen) atoms. The molecule has 4 aromatic carbocycles. The van der Waals surface area contributed by atoms with Gasteiger partial charge in [-0.1, -0.05) is 86.6 Å². The minimum atomic E-state index is -0.675. The molecule has 0 aromatic heterocycles. The molecule has 0 aliphatic heterocycles. The van der Waals surface area contributed by atoms with E-state index in [9.17, 15) is 0 Å². The first-order chi connectivity index (χ1) is 18.6. The maximum atomic E-state index is 2.47. The Hall–Kier alpha value is -2.26. The van der Waals surface area contributed by atoms with Crippen LogP contribution >= 0.6 is 15.8 Å². The van der Waals surface area contributed by atoms with E-state index in [1.165, 1.54) is 44.5 Å². The monoisotopic (exact) mass is 552 g/mol. The highest BCUT2D eigenvalue weighted by atomic mass is 31.2. The molecule has 4 aromatic rings. The van der Waals surface area contributed by atoms with Crippen LogP contribution in [0, 0.1) is 55.4 Å². The van der Waals surface area contributed by atoms with E-state index in [0.29, 0.717) is 0 Å². The molecule has 0 spiro atoms. The van der Waals surface area contributed by atoms with Crippen molar-refractivity contribution in [3.63, 3.8) is 0 Å². The van der Waals surface area contributed by atoms with Crippen molar-refractivity contribution >= 4 is 37.1 Å². The summed E-state index contributed by atoms with van der Waals surface area (Å²) in [6.45, 7) is 23.5. The average Bonchev–Trinajstić information content (AvgIpc) is 2.92. The highest BCUT2D eigenvalue weighted by Crippen LogP contribution is 2.69. The Bertz CT molecular complexity index is 1260. The lowest BCUT2D eigenvalue weighted by Gasteiger charge is -2.49. The predicted octanol–water partition coefficient (Wildman–Crippen LogP) is 9.24. The molecule has 0 amide bonds. The van der Waals surface area contributed by atoms with E-state index >= 15 is 0 Å². The van der Waals surface area contributed by atoms with Crippen LogP contribution in [0.25, 0.3) is 0 Å². The van der Waals surface area contributed by atoms with Crippen LogP contribution in [0.1, 0.15) is 71.2 Å². The van der Waals surface area contributed by atoms with Gasteiger partial charge in [0.15, 0.2) is 0 Å². The van der Waals surface area contributed by atoms with Gasteiger partial charge in [-0.05, 0) is 150 Å². The van der Waals surface area contributed by atoms with Crippen molar-refractivity contribution in [2.45, 2.75) is 87.0 Å². The van der Waals surface area contributed by atoms with Gasteiger partial charge in [0.25, 0.3) is 0 Å². The molecule has 0 saturated carbocycles. The summed E-state index contributed by atoms with van der Waals surface area (Å²) in [4.78, 5) is 0.0961. The summed E-state index contributed by atoms with van der Waals surface area (Å²) < 4.78 is 0. The Morgan fingerprint density at radius 1 is 0.410 bits per heavy atom. The van der Waals surface area contributed by atoms with Crippen LogP contribution in [0.15, 0.2) is 72.8 Å². The molecule has 0 radical (unpaired) electrons. The van der Waals surface area contributed by atoms with Crippen LogP contribution in [-0.2, 0) is 0 Å². The highest BCUT2D eigenvalue weighted by Gasteiger charge is 2.47. The third-order valence-corrected chi connectivity index (χ3v) is 17.2. The quantitative estimate of drug-likeness (QED) is 0.191. The fraction of sp³-hybridized carbons (Fsp3) is 0.351. The highest BCUT2D eigenvalue weighted by molar-refractivity contribution is 7.91. The number of hydrogen-bond acceptors (Lipinski definition) is 0. The van der Waals surface area contributed by atoms with E-state index < -0.39 is 15.8 Å². The second-order valence-corrected chi connectivity index (χ2v) is 16.6. The summed E-state index contributed by atoms with van der Waals surface area (Å²) >= 11 is 0. The second-order valence-electron chi connectivity index (χ2n) is 11.2. The van der Waals surface area contributed by atoms with Crippen molar-refractivity contribution in [1.29, 1.82) is 0 Å². The second kappa shape index (κ2) is 12.1. The van der Waals surface area contributed by atoms with E-state index in [0.717, 1.165) is 12.8 Å². The fourth-order valence-corrected chi connectivity index (χ4v) is 14.7. The van der Waals surface area contributed by atoms with Crippen molar-refractivity contribution in [2.24, 2.45) is 0 Å². The van der Waals surface area contributed by atoms with Gasteiger partial charge in [0, 0.05) is 4.90 Å². The molecule has 0 unspecified atom stereocenters. The maximum Gasteiger partial charge on any atom is 0.0262 e. The molecule has 4 rings (SSSR count). The molecular formula is C37H46P2. The van der Waals surface area contributed by atoms with Crippen LogP contribution in [0.5, 0.6) is 0 Å². The lowest BCUT2D eigenvalue weighted by molar-refractivity contribution is 0.724. The largest absolute Gasteiger partial charge is 0.0641 e. The third-order valence-electron chi connectivity index (χ3n) is 9.23. The van der Waals surface area contributed by atoms with E-state index in [1.54, 1.807) is 21.2 Å². The van der Waals surface area contributed by atoms with Gasteiger partial charge in [-0.15, -0.1) is 0 Å². The van der Waals surface area contributed by atoms with Crippen molar-refractivity contribution < 1.29 is 0 Å². The molecule has 0 atom stereocenters. The zero-order valence-electron chi connectivity index (χ0n) is 25.7. The first-order valence-corrected chi connectivity index (χ1v) is 17.1. The third kappa shape index (κ3) is 5.29. The average molecular weight is 553 g/mol. The van der Waals surface area contributed by atoms with Crippen molar-refractivity contribution in [3.8, 4) is 0 Å². The summed E-state index contributed by atoms with van der Waals surface area (Å²) in [7, 11) is -1.35. The zero-order valence-corrected chi connectivity index (χ0v) is 27.5. The molecule has 0 bridgehead atoms.